The molecule has 1 aromatic heterocycles. The van der Waals surface area contributed by atoms with Crippen LogP contribution in [0.2, 0.25) is 0 Å². The third-order valence-electron chi connectivity index (χ3n) is 3.74. The van der Waals surface area contributed by atoms with E-state index < -0.39 is 40.4 Å². The molecule has 0 saturated carbocycles. The van der Waals surface area contributed by atoms with Crippen LogP contribution in [0.1, 0.15) is 24.4 Å². The zero-order chi connectivity index (χ0) is 19.2. The predicted octanol–water partition coefficient (Wildman–Crippen LogP) is 3.70. The molecule has 4 nitrogen and oxygen atoms in total. The number of alkyl halides is 3. The molecule has 0 radical (unpaired) electrons. The molecule has 0 saturated heterocycles. The first-order chi connectivity index (χ1) is 12.1. The van der Waals surface area contributed by atoms with Gasteiger partial charge in [-0.05, 0) is 31.2 Å². The first kappa shape index (κ1) is 18.0. The van der Waals surface area contributed by atoms with Gasteiger partial charge in [0.1, 0.15) is 17.5 Å². The number of nitrogens with two attached hydrogens (primary N) is 1. The van der Waals surface area contributed by atoms with Gasteiger partial charge in [-0.1, -0.05) is 6.07 Å². The maximum atomic E-state index is 13.6. The van der Waals surface area contributed by atoms with Crippen molar-refractivity contribution in [2.45, 2.75) is 19.1 Å². The van der Waals surface area contributed by atoms with Crippen LogP contribution in [0.25, 0.3) is 16.6 Å². The predicted molar refractivity (Wildman–Crippen MR) is 84.9 cm³/mol. The molecule has 1 atom stereocenters. The Hall–Kier alpha value is -2.81. The number of halogens is 5. The number of fused-ring (bicyclic) bond motifs is 1. The molecule has 1 unspecified atom stereocenters. The number of hydrogen-bond acceptors (Lipinski definition) is 3. The average molecular weight is 369 g/mol. The van der Waals surface area contributed by atoms with Crippen LogP contribution in [0.4, 0.5) is 22.0 Å². The Morgan fingerprint density at radius 1 is 1.12 bits per heavy atom. The summed E-state index contributed by atoms with van der Waals surface area (Å²) in [6.07, 6.45) is -4.80. The fourth-order valence-corrected chi connectivity index (χ4v) is 2.71. The van der Waals surface area contributed by atoms with Crippen molar-refractivity contribution in [2.24, 2.45) is 5.73 Å². The summed E-state index contributed by atoms with van der Waals surface area (Å²) in [6.45, 7) is 1.45. The molecule has 2 aromatic carbocycles. The molecule has 26 heavy (non-hydrogen) atoms. The first-order valence-electron chi connectivity index (χ1n) is 7.44. The maximum absolute atomic E-state index is 13.6. The molecule has 0 bridgehead atoms. The van der Waals surface area contributed by atoms with Crippen molar-refractivity contribution in [1.29, 1.82) is 0 Å². The summed E-state index contributed by atoms with van der Waals surface area (Å²) in [5, 5.41) is -0.700. The first-order valence-corrected chi connectivity index (χ1v) is 7.44. The SMILES string of the molecule is CC(N)c1nc2cccc(C(F)(F)F)c2c(=O)n1-c1cc(F)cc(F)c1. The van der Waals surface area contributed by atoms with E-state index in [-0.39, 0.29) is 17.0 Å². The Bertz CT molecular complexity index is 1040. The van der Waals surface area contributed by atoms with Crippen molar-refractivity contribution < 1.29 is 22.0 Å². The molecule has 0 aliphatic rings. The zero-order valence-electron chi connectivity index (χ0n) is 13.3. The van der Waals surface area contributed by atoms with Gasteiger partial charge in [-0.3, -0.25) is 9.36 Å². The largest absolute Gasteiger partial charge is 0.417 e. The summed E-state index contributed by atoms with van der Waals surface area (Å²) in [5.41, 5.74) is 2.98. The van der Waals surface area contributed by atoms with E-state index in [1.54, 1.807) is 0 Å². The van der Waals surface area contributed by atoms with Crippen molar-refractivity contribution in [3.63, 3.8) is 0 Å². The van der Waals surface area contributed by atoms with Crippen LogP contribution in [-0.4, -0.2) is 9.55 Å². The topological polar surface area (TPSA) is 60.9 Å². The highest BCUT2D eigenvalue weighted by Crippen LogP contribution is 2.33. The molecule has 0 aliphatic heterocycles. The van der Waals surface area contributed by atoms with Gasteiger partial charge in [0.15, 0.2) is 0 Å². The minimum atomic E-state index is -4.80. The van der Waals surface area contributed by atoms with Crippen LogP contribution in [0.15, 0.2) is 41.2 Å². The van der Waals surface area contributed by atoms with Crippen molar-refractivity contribution in [3.05, 3.63) is 69.8 Å². The fourth-order valence-electron chi connectivity index (χ4n) is 2.71. The molecule has 3 aromatic rings. The molecule has 0 amide bonds. The third kappa shape index (κ3) is 3.05. The van der Waals surface area contributed by atoms with E-state index in [4.69, 9.17) is 5.73 Å². The molecule has 0 spiro atoms. The lowest BCUT2D eigenvalue weighted by Crippen LogP contribution is -2.29. The minimum Gasteiger partial charge on any atom is -0.322 e. The van der Waals surface area contributed by atoms with Gasteiger partial charge in [0.25, 0.3) is 5.56 Å². The van der Waals surface area contributed by atoms with Gasteiger partial charge in [0.05, 0.1) is 28.2 Å². The van der Waals surface area contributed by atoms with Gasteiger partial charge in [0, 0.05) is 6.07 Å². The second kappa shape index (κ2) is 6.17. The number of hydrogen-bond donors (Lipinski definition) is 1. The molecular weight excluding hydrogens is 357 g/mol. The summed E-state index contributed by atoms with van der Waals surface area (Å²) >= 11 is 0. The van der Waals surface area contributed by atoms with E-state index in [2.05, 4.69) is 4.98 Å². The van der Waals surface area contributed by atoms with Gasteiger partial charge < -0.3 is 5.73 Å². The normalized spacial score (nSPS) is 13.2. The average Bonchev–Trinajstić information content (AvgIpc) is 2.52. The third-order valence-corrected chi connectivity index (χ3v) is 3.74. The Kier molecular flexibility index (Phi) is 4.27. The summed E-state index contributed by atoms with van der Waals surface area (Å²) in [4.78, 5) is 16.9. The molecule has 2 N–H and O–H groups in total. The summed E-state index contributed by atoms with van der Waals surface area (Å²) in [5.74, 6) is -2.11. The minimum absolute atomic E-state index is 0.119. The maximum Gasteiger partial charge on any atom is 0.417 e. The smallest absolute Gasteiger partial charge is 0.322 e. The van der Waals surface area contributed by atoms with Gasteiger partial charge in [-0.2, -0.15) is 13.2 Å². The van der Waals surface area contributed by atoms with Crippen molar-refractivity contribution in [2.75, 3.05) is 0 Å². The zero-order valence-corrected chi connectivity index (χ0v) is 13.3. The second-order valence-electron chi connectivity index (χ2n) is 5.72. The van der Waals surface area contributed by atoms with Crippen LogP contribution in [0.3, 0.4) is 0 Å². The Balaban J connectivity index is 2.50. The highest BCUT2D eigenvalue weighted by atomic mass is 19.4. The van der Waals surface area contributed by atoms with Crippen LogP contribution < -0.4 is 11.3 Å². The Labute approximate surface area is 143 Å². The molecule has 0 aliphatic carbocycles. The lowest BCUT2D eigenvalue weighted by atomic mass is 10.1. The monoisotopic (exact) mass is 369 g/mol. The Morgan fingerprint density at radius 2 is 1.73 bits per heavy atom. The van der Waals surface area contributed by atoms with E-state index in [0.29, 0.717) is 10.6 Å². The summed E-state index contributed by atoms with van der Waals surface area (Å²) < 4.78 is 67.7. The lowest BCUT2D eigenvalue weighted by molar-refractivity contribution is -0.136. The van der Waals surface area contributed by atoms with Crippen molar-refractivity contribution >= 4 is 10.9 Å². The van der Waals surface area contributed by atoms with Crippen LogP contribution in [0.5, 0.6) is 0 Å². The molecule has 1 heterocycles. The van der Waals surface area contributed by atoms with E-state index in [1.807, 2.05) is 0 Å². The van der Waals surface area contributed by atoms with Crippen molar-refractivity contribution in [1.82, 2.24) is 9.55 Å². The Morgan fingerprint density at radius 3 is 2.27 bits per heavy atom. The van der Waals surface area contributed by atoms with Gasteiger partial charge in [0.2, 0.25) is 0 Å². The van der Waals surface area contributed by atoms with E-state index in [9.17, 15) is 26.7 Å². The summed E-state index contributed by atoms with van der Waals surface area (Å²) in [7, 11) is 0. The van der Waals surface area contributed by atoms with Crippen LogP contribution in [0, 0.1) is 11.6 Å². The fraction of sp³-hybridized carbons (Fsp3) is 0.176. The number of rotatable bonds is 2. The van der Waals surface area contributed by atoms with Crippen molar-refractivity contribution in [3.8, 4) is 5.69 Å². The quantitative estimate of drug-likeness (QED) is 0.701. The molecule has 3 rings (SSSR count). The van der Waals surface area contributed by atoms with Gasteiger partial charge in [-0.25, -0.2) is 13.8 Å². The standard InChI is InChI=1S/C17H12F5N3O/c1-8(23)15-24-13-4-2-3-12(17(20,21)22)14(13)16(26)25(15)11-6-9(18)5-10(19)7-11/h2-8H,23H2,1H3. The number of benzene rings is 2. The van der Waals surface area contributed by atoms with Gasteiger partial charge in [-0.15, -0.1) is 0 Å². The van der Waals surface area contributed by atoms with Crippen LogP contribution in [-0.2, 0) is 6.18 Å². The van der Waals surface area contributed by atoms with E-state index >= 15 is 0 Å². The van der Waals surface area contributed by atoms with Gasteiger partial charge >= 0.3 is 6.18 Å². The van der Waals surface area contributed by atoms with Crippen LogP contribution >= 0.6 is 0 Å². The molecule has 0 fully saturated rings. The number of aromatic nitrogens is 2. The molecule has 9 heteroatoms. The lowest BCUT2D eigenvalue weighted by Gasteiger charge is -2.18. The molecular formula is C17H12F5N3O. The van der Waals surface area contributed by atoms with E-state index in [1.165, 1.54) is 13.0 Å². The number of nitrogens with zero attached hydrogens (tertiary/aromatic N) is 2. The van der Waals surface area contributed by atoms with E-state index in [0.717, 1.165) is 24.3 Å². The summed E-state index contributed by atoms with van der Waals surface area (Å²) in [6, 6.07) is 4.44. The molecule has 136 valence electrons. The highest BCUT2D eigenvalue weighted by molar-refractivity contribution is 5.82. The highest BCUT2D eigenvalue weighted by Gasteiger charge is 2.34. The second-order valence-corrected chi connectivity index (χ2v) is 5.72.